The van der Waals surface area contributed by atoms with Gasteiger partial charge < -0.3 is 15.0 Å². The van der Waals surface area contributed by atoms with Crippen LogP contribution in [-0.2, 0) is 20.9 Å². The number of pyridine rings is 1. The standard InChI is InChI=1S/C21H26N4O3S/c1-28-12-20(26)25-8-2-3-16(11-25)21(27)23-10-19-24-18(13-29-19)15-6-7-17(22-9-15)14-4-5-14/h6-7,9,13-14,16H,2-5,8,10-12H2,1H3,(H,23,27)/t16-/m0/s1. The molecular weight excluding hydrogens is 388 g/mol. The fraction of sp³-hybridized carbons (Fsp3) is 0.524. The van der Waals surface area contributed by atoms with Gasteiger partial charge in [-0.25, -0.2) is 4.98 Å². The molecule has 1 aliphatic heterocycles. The summed E-state index contributed by atoms with van der Waals surface area (Å²) in [6, 6.07) is 4.17. The van der Waals surface area contributed by atoms with Crippen molar-refractivity contribution in [2.75, 3.05) is 26.8 Å². The monoisotopic (exact) mass is 414 g/mol. The highest BCUT2D eigenvalue weighted by molar-refractivity contribution is 7.09. The maximum atomic E-state index is 12.6. The van der Waals surface area contributed by atoms with Crippen molar-refractivity contribution >= 4 is 23.2 Å². The molecule has 1 atom stereocenters. The minimum Gasteiger partial charge on any atom is -0.375 e. The number of carbonyl (C=O) groups excluding carboxylic acids is 2. The topological polar surface area (TPSA) is 84.4 Å². The molecule has 0 aromatic carbocycles. The first-order chi connectivity index (χ1) is 14.1. The number of nitrogens with zero attached hydrogens (tertiary/aromatic N) is 3. The third-order valence-corrected chi connectivity index (χ3v) is 6.30. The van der Waals surface area contributed by atoms with E-state index in [0.29, 0.717) is 25.6 Å². The molecule has 8 heteroatoms. The van der Waals surface area contributed by atoms with Crippen molar-refractivity contribution in [3.05, 3.63) is 34.4 Å². The zero-order valence-corrected chi connectivity index (χ0v) is 17.4. The molecule has 7 nitrogen and oxygen atoms in total. The first kappa shape index (κ1) is 20.0. The summed E-state index contributed by atoms with van der Waals surface area (Å²) in [5, 5.41) is 5.85. The van der Waals surface area contributed by atoms with Gasteiger partial charge in [0.25, 0.3) is 0 Å². The second-order valence-electron chi connectivity index (χ2n) is 7.70. The Kier molecular flexibility index (Phi) is 6.20. The van der Waals surface area contributed by atoms with Crippen molar-refractivity contribution < 1.29 is 14.3 Å². The molecule has 1 saturated heterocycles. The minimum atomic E-state index is -0.178. The van der Waals surface area contributed by atoms with Gasteiger partial charge in [0.05, 0.1) is 18.2 Å². The molecule has 1 N–H and O–H groups in total. The quantitative estimate of drug-likeness (QED) is 0.753. The summed E-state index contributed by atoms with van der Waals surface area (Å²) in [5.41, 5.74) is 3.06. The van der Waals surface area contributed by atoms with Crippen molar-refractivity contribution in [3.63, 3.8) is 0 Å². The van der Waals surface area contributed by atoms with Gasteiger partial charge in [0, 0.05) is 49.0 Å². The van der Waals surface area contributed by atoms with Gasteiger partial charge in [-0.15, -0.1) is 11.3 Å². The lowest BCUT2D eigenvalue weighted by molar-refractivity contribution is -0.139. The largest absolute Gasteiger partial charge is 0.375 e. The van der Waals surface area contributed by atoms with E-state index in [1.165, 1.54) is 37.0 Å². The highest BCUT2D eigenvalue weighted by Gasteiger charge is 2.28. The number of piperidine rings is 1. The van der Waals surface area contributed by atoms with Gasteiger partial charge in [0.15, 0.2) is 0 Å². The van der Waals surface area contributed by atoms with Crippen molar-refractivity contribution in [2.45, 2.75) is 38.1 Å². The van der Waals surface area contributed by atoms with Crippen LogP contribution in [0.25, 0.3) is 11.3 Å². The summed E-state index contributed by atoms with van der Waals surface area (Å²) in [4.78, 5) is 35.5. The smallest absolute Gasteiger partial charge is 0.248 e. The third-order valence-electron chi connectivity index (χ3n) is 5.46. The van der Waals surface area contributed by atoms with E-state index >= 15 is 0 Å². The lowest BCUT2D eigenvalue weighted by Gasteiger charge is -2.31. The second-order valence-corrected chi connectivity index (χ2v) is 8.64. The Morgan fingerprint density at radius 3 is 2.90 bits per heavy atom. The molecular formula is C21H26N4O3S. The maximum Gasteiger partial charge on any atom is 0.248 e. The third kappa shape index (κ3) is 5.00. The van der Waals surface area contributed by atoms with Crippen LogP contribution >= 0.6 is 11.3 Å². The lowest BCUT2D eigenvalue weighted by atomic mass is 9.97. The Morgan fingerprint density at radius 1 is 1.31 bits per heavy atom. The Hall–Kier alpha value is -2.32. The lowest BCUT2D eigenvalue weighted by Crippen LogP contribution is -2.46. The number of aromatic nitrogens is 2. The number of amides is 2. The predicted octanol–water partition coefficient (Wildman–Crippen LogP) is 2.58. The van der Waals surface area contributed by atoms with Crippen molar-refractivity contribution in [3.8, 4) is 11.3 Å². The number of carbonyl (C=O) groups is 2. The van der Waals surface area contributed by atoms with Crippen LogP contribution in [0.5, 0.6) is 0 Å². The number of hydrogen-bond acceptors (Lipinski definition) is 6. The van der Waals surface area contributed by atoms with Gasteiger partial charge in [-0.1, -0.05) is 0 Å². The van der Waals surface area contributed by atoms with E-state index in [-0.39, 0.29) is 24.3 Å². The average Bonchev–Trinajstić information content (AvgIpc) is 3.50. The molecule has 1 saturated carbocycles. The van der Waals surface area contributed by atoms with Crippen LogP contribution in [0.4, 0.5) is 0 Å². The SMILES string of the molecule is COCC(=O)N1CCC[C@H](C(=O)NCc2nc(-c3ccc(C4CC4)nc3)cs2)C1. The van der Waals surface area contributed by atoms with E-state index in [9.17, 15) is 9.59 Å². The highest BCUT2D eigenvalue weighted by Crippen LogP contribution is 2.39. The molecule has 2 aromatic heterocycles. The van der Waals surface area contributed by atoms with E-state index in [1.54, 1.807) is 4.90 Å². The van der Waals surface area contributed by atoms with E-state index < -0.39 is 0 Å². The first-order valence-electron chi connectivity index (χ1n) is 10.1. The number of ether oxygens (including phenoxy) is 1. The van der Waals surface area contributed by atoms with Gasteiger partial charge >= 0.3 is 0 Å². The van der Waals surface area contributed by atoms with Gasteiger partial charge in [0.2, 0.25) is 11.8 Å². The summed E-state index contributed by atoms with van der Waals surface area (Å²) in [5.74, 6) is 0.386. The fourth-order valence-corrected chi connectivity index (χ4v) is 4.38. The molecule has 2 aromatic rings. The molecule has 4 rings (SSSR count). The number of methoxy groups -OCH3 is 1. The molecule has 0 radical (unpaired) electrons. The molecule has 0 unspecified atom stereocenters. The van der Waals surface area contributed by atoms with E-state index in [0.717, 1.165) is 29.1 Å². The van der Waals surface area contributed by atoms with Crippen molar-refractivity contribution in [1.29, 1.82) is 0 Å². The van der Waals surface area contributed by atoms with Crippen LogP contribution in [0.1, 0.15) is 42.3 Å². The predicted molar refractivity (Wildman–Crippen MR) is 110 cm³/mol. The average molecular weight is 415 g/mol. The molecule has 3 heterocycles. The van der Waals surface area contributed by atoms with Gasteiger partial charge in [0.1, 0.15) is 11.6 Å². The van der Waals surface area contributed by atoms with E-state index in [4.69, 9.17) is 4.74 Å². The normalized spacial score (nSPS) is 19.2. The van der Waals surface area contributed by atoms with Gasteiger partial charge in [-0.2, -0.15) is 0 Å². The number of thiazole rings is 1. The molecule has 0 bridgehead atoms. The Bertz CT molecular complexity index is 863. The molecule has 2 amide bonds. The van der Waals surface area contributed by atoms with Crippen LogP contribution in [0.15, 0.2) is 23.7 Å². The molecule has 154 valence electrons. The van der Waals surface area contributed by atoms with Crippen molar-refractivity contribution in [1.82, 2.24) is 20.2 Å². The summed E-state index contributed by atoms with van der Waals surface area (Å²) in [7, 11) is 1.51. The number of nitrogens with one attached hydrogen (secondary N) is 1. The first-order valence-corrected chi connectivity index (χ1v) is 11.0. The Morgan fingerprint density at radius 2 is 2.17 bits per heavy atom. The van der Waals surface area contributed by atoms with Crippen LogP contribution in [0, 0.1) is 5.92 Å². The fourth-order valence-electron chi connectivity index (χ4n) is 3.64. The van der Waals surface area contributed by atoms with Crippen LogP contribution in [0.2, 0.25) is 0 Å². The van der Waals surface area contributed by atoms with Crippen LogP contribution in [-0.4, -0.2) is 53.5 Å². The maximum absolute atomic E-state index is 12.6. The number of rotatable bonds is 7. The second kappa shape index (κ2) is 9.00. The zero-order valence-electron chi connectivity index (χ0n) is 16.6. The highest BCUT2D eigenvalue weighted by atomic mass is 32.1. The Labute approximate surface area is 174 Å². The molecule has 29 heavy (non-hydrogen) atoms. The van der Waals surface area contributed by atoms with E-state index in [1.807, 2.05) is 11.6 Å². The molecule has 1 aliphatic carbocycles. The summed E-state index contributed by atoms with van der Waals surface area (Å²) < 4.78 is 4.91. The summed E-state index contributed by atoms with van der Waals surface area (Å²) in [6.45, 7) is 1.61. The number of likely N-dealkylation sites (tertiary alicyclic amines) is 1. The minimum absolute atomic E-state index is 0.0212. The van der Waals surface area contributed by atoms with Crippen LogP contribution in [0.3, 0.4) is 0 Å². The Balaban J connectivity index is 1.30. The van der Waals surface area contributed by atoms with Crippen LogP contribution < -0.4 is 5.32 Å². The van der Waals surface area contributed by atoms with Gasteiger partial charge in [-0.3, -0.25) is 14.6 Å². The zero-order chi connectivity index (χ0) is 20.2. The molecule has 2 fully saturated rings. The summed E-state index contributed by atoms with van der Waals surface area (Å²) >= 11 is 1.53. The molecule has 0 spiro atoms. The van der Waals surface area contributed by atoms with Gasteiger partial charge in [-0.05, 0) is 37.8 Å². The van der Waals surface area contributed by atoms with Crippen molar-refractivity contribution in [2.24, 2.45) is 5.92 Å². The van der Waals surface area contributed by atoms with E-state index in [2.05, 4.69) is 27.4 Å². The summed E-state index contributed by atoms with van der Waals surface area (Å²) in [6.07, 6.45) is 6.00. The number of hydrogen-bond donors (Lipinski definition) is 1. The molecule has 2 aliphatic rings.